The molecule has 0 bridgehead atoms. The minimum absolute atomic E-state index is 0.265. The summed E-state index contributed by atoms with van der Waals surface area (Å²) in [7, 11) is 1.95. The maximum Gasteiger partial charge on any atom is 0.0538 e. The van der Waals surface area contributed by atoms with E-state index in [0.717, 1.165) is 19.5 Å². The van der Waals surface area contributed by atoms with Crippen molar-refractivity contribution in [3.05, 3.63) is 18.0 Å². The summed E-state index contributed by atoms with van der Waals surface area (Å²) >= 11 is 0. The van der Waals surface area contributed by atoms with Crippen LogP contribution in [0.3, 0.4) is 0 Å². The topological polar surface area (TPSA) is 47.1 Å². The minimum atomic E-state index is 0.265. The van der Waals surface area contributed by atoms with Gasteiger partial charge < -0.3 is 5.73 Å². The molecular formula is C11H20N4. The fourth-order valence-corrected chi connectivity index (χ4v) is 2.47. The van der Waals surface area contributed by atoms with Gasteiger partial charge in [0.25, 0.3) is 0 Å². The molecule has 0 aliphatic carbocycles. The van der Waals surface area contributed by atoms with E-state index >= 15 is 0 Å². The number of rotatable bonds is 3. The first-order chi connectivity index (χ1) is 7.22. The Morgan fingerprint density at radius 2 is 2.40 bits per heavy atom. The second-order valence-corrected chi connectivity index (χ2v) is 4.38. The van der Waals surface area contributed by atoms with Gasteiger partial charge in [0, 0.05) is 31.4 Å². The zero-order valence-corrected chi connectivity index (χ0v) is 9.56. The average Bonchev–Trinajstić information content (AvgIpc) is 2.74. The van der Waals surface area contributed by atoms with Gasteiger partial charge in [-0.15, -0.1) is 0 Å². The van der Waals surface area contributed by atoms with Crippen LogP contribution in [0.25, 0.3) is 0 Å². The lowest BCUT2D eigenvalue weighted by atomic mass is 10.0. The van der Waals surface area contributed by atoms with Crippen molar-refractivity contribution >= 4 is 0 Å². The Morgan fingerprint density at radius 1 is 1.60 bits per heavy atom. The number of aryl methyl sites for hydroxylation is 1. The van der Waals surface area contributed by atoms with E-state index in [-0.39, 0.29) is 6.04 Å². The maximum absolute atomic E-state index is 6.16. The molecule has 0 spiro atoms. The van der Waals surface area contributed by atoms with Crippen molar-refractivity contribution in [2.24, 2.45) is 12.8 Å². The monoisotopic (exact) mass is 208 g/mol. The lowest BCUT2D eigenvalue weighted by Gasteiger charge is -2.25. The number of hydrogen-bond donors (Lipinski definition) is 1. The molecule has 2 atom stereocenters. The molecule has 0 radical (unpaired) electrons. The smallest absolute Gasteiger partial charge is 0.0538 e. The van der Waals surface area contributed by atoms with Crippen molar-refractivity contribution in [3.63, 3.8) is 0 Å². The van der Waals surface area contributed by atoms with E-state index in [1.54, 1.807) is 0 Å². The van der Waals surface area contributed by atoms with E-state index in [0.29, 0.717) is 6.04 Å². The van der Waals surface area contributed by atoms with Crippen LogP contribution in [0.2, 0.25) is 0 Å². The second-order valence-electron chi connectivity index (χ2n) is 4.38. The molecule has 1 aliphatic heterocycles. The maximum atomic E-state index is 6.16. The summed E-state index contributed by atoms with van der Waals surface area (Å²) in [5.41, 5.74) is 7.42. The van der Waals surface area contributed by atoms with E-state index in [9.17, 15) is 0 Å². The third-order valence-electron chi connectivity index (χ3n) is 3.13. The SMILES string of the molecule is CCCN1CCC(N)C1c1cnn(C)c1. The zero-order chi connectivity index (χ0) is 10.8. The van der Waals surface area contributed by atoms with Gasteiger partial charge in [0.2, 0.25) is 0 Å². The predicted octanol–water partition coefficient (Wildman–Crippen LogP) is 0.904. The first kappa shape index (κ1) is 10.6. The van der Waals surface area contributed by atoms with Crippen LogP contribution in [0.15, 0.2) is 12.4 Å². The molecular weight excluding hydrogens is 188 g/mol. The molecule has 4 heteroatoms. The summed E-state index contributed by atoms with van der Waals surface area (Å²) in [6, 6.07) is 0.638. The van der Waals surface area contributed by atoms with Gasteiger partial charge in [-0.05, 0) is 19.4 Å². The van der Waals surface area contributed by atoms with E-state index in [1.807, 2.05) is 17.9 Å². The molecule has 0 saturated carbocycles. The van der Waals surface area contributed by atoms with Crippen molar-refractivity contribution in [1.82, 2.24) is 14.7 Å². The van der Waals surface area contributed by atoms with Gasteiger partial charge in [-0.1, -0.05) is 6.92 Å². The molecule has 0 amide bonds. The summed E-state index contributed by atoms with van der Waals surface area (Å²) in [5, 5.41) is 4.22. The number of nitrogens with zero attached hydrogens (tertiary/aromatic N) is 3. The normalized spacial score (nSPS) is 27.4. The van der Waals surface area contributed by atoms with Crippen LogP contribution < -0.4 is 5.73 Å². The van der Waals surface area contributed by atoms with Gasteiger partial charge in [-0.25, -0.2) is 0 Å². The highest BCUT2D eigenvalue weighted by Gasteiger charge is 2.32. The molecule has 1 aliphatic rings. The Morgan fingerprint density at radius 3 is 3.00 bits per heavy atom. The molecule has 4 nitrogen and oxygen atoms in total. The van der Waals surface area contributed by atoms with Gasteiger partial charge in [-0.3, -0.25) is 9.58 Å². The first-order valence-corrected chi connectivity index (χ1v) is 5.70. The summed E-state index contributed by atoms with van der Waals surface area (Å²) in [6.45, 7) is 4.46. The summed E-state index contributed by atoms with van der Waals surface area (Å²) in [6.07, 6.45) is 6.31. The van der Waals surface area contributed by atoms with Crippen LogP contribution in [0.1, 0.15) is 31.4 Å². The highest BCUT2D eigenvalue weighted by Crippen LogP contribution is 2.30. The van der Waals surface area contributed by atoms with E-state index in [1.165, 1.54) is 12.0 Å². The predicted molar refractivity (Wildman–Crippen MR) is 60.4 cm³/mol. The third kappa shape index (κ3) is 2.06. The van der Waals surface area contributed by atoms with E-state index in [4.69, 9.17) is 5.73 Å². The molecule has 84 valence electrons. The zero-order valence-electron chi connectivity index (χ0n) is 9.56. The van der Waals surface area contributed by atoms with Gasteiger partial charge in [0.15, 0.2) is 0 Å². The highest BCUT2D eigenvalue weighted by atomic mass is 15.3. The van der Waals surface area contributed by atoms with Crippen LogP contribution >= 0.6 is 0 Å². The summed E-state index contributed by atoms with van der Waals surface area (Å²) < 4.78 is 1.85. The average molecular weight is 208 g/mol. The summed E-state index contributed by atoms with van der Waals surface area (Å²) in [4.78, 5) is 2.47. The lowest BCUT2D eigenvalue weighted by molar-refractivity contribution is 0.248. The van der Waals surface area contributed by atoms with Gasteiger partial charge in [-0.2, -0.15) is 5.10 Å². The van der Waals surface area contributed by atoms with Crippen LogP contribution in [0, 0.1) is 0 Å². The van der Waals surface area contributed by atoms with Crippen molar-refractivity contribution in [1.29, 1.82) is 0 Å². The van der Waals surface area contributed by atoms with Crippen LogP contribution in [-0.2, 0) is 7.05 Å². The molecule has 1 aromatic rings. The summed E-state index contributed by atoms with van der Waals surface area (Å²) in [5.74, 6) is 0. The quantitative estimate of drug-likeness (QED) is 0.803. The number of aromatic nitrogens is 2. The molecule has 2 heterocycles. The fraction of sp³-hybridized carbons (Fsp3) is 0.727. The Kier molecular flexibility index (Phi) is 3.07. The van der Waals surface area contributed by atoms with Gasteiger partial charge >= 0.3 is 0 Å². The molecule has 1 saturated heterocycles. The Labute approximate surface area is 91.1 Å². The van der Waals surface area contributed by atoms with Gasteiger partial charge in [0.05, 0.1) is 12.2 Å². The number of nitrogens with two attached hydrogens (primary N) is 1. The molecule has 2 N–H and O–H groups in total. The molecule has 2 unspecified atom stereocenters. The van der Waals surface area contributed by atoms with E-state index < -0.39 is 0 Å². The first-order valence-electron chi connectivity index (χ1n) is 5.70. The Balaban J connectivity index is 2.17. The van der Waals surface area contributed by atoms with Gasteiger partial charge in [0.1, 0.15) is 0 Å². The Hall–Kier alpha value is -0.870. The van der Waals surface area contributed by atoms with Crippen molar-refractivity contribution in [2.45, 2.75) is 31.8 Å². The standard InChI is InChI=1S/C11H20N4/c1-3-5-15-6-4-10(12)11(15)9-7-13-14(2)8-9/h7-8,10-11H,3-6,12H2,1-2H3. The van der Waals surface area contributed by atoms with E-state index in [2.05, 4.69) is 23.1 Å². The molecule has 2 rings (SSSR count). The Bertz CT molecular complexity index is 318. The molecule has 1 aromatic heterocycles. The van der Waals surface area contributed by atoms with Crippen molar-refractivity contribution in [2.75, 3.05) is 13.1 Å². The second kappa shape index (κ2) is 4.33. The fourth-order valence-electron chi connectivity index (χ4n) is 2.47. The number of hydrogen-bond acceptors (Lipinski definition) is 3. The lowest BCUT2D eigenvalue weighted by Crippen LogP contribution is -2.32. The third-order valence-corrected chi connectivity index (χ3v) is 3.13. The van der Waals surface area contributed by atoms with Crippen LogP contribution in [0.4, 0.5) is 0 Å². The molecule has 0 aromatic carbocycles. The van der Waals surface area contributed by atoms with Crippen molar-refractivity contribution < 1.29 is 0 Å². The van der Waals surface area contributed by atoms with Crippen molar-refractivity contribution in [3.8, 4) is 0 Å². The van der Waals surface area contributed by atoms with Crippen LogP contribution in [-0.4, -0.2) is 33.8 Å². The molecule has 15 heavy (non-hydrogen) atoms. The molecule has 1 fully saturated rings. The highest BCUT2D eigenvalue weighted by molar-refractivity contribution is 5.15. The largest absolute Gasteiger partial charge is 0.326 e. The number of likely N-dealkylation sites (tertiary alicyclic amines) is 1. The van der Waals surface area contributed by atoms with Crippen LogP contribution in [0.5, 0.6) is 0 Å². The minimum Gasteiger partial charge on any atom is -0.326 e.